The standard InChI is InChI=1S/3C5H9.C4H9N.C4H9.C3H6O.C3H6S.4Y/c3*1-4-5(2)3;1-4(2)5-3;1-4(2)3;2*1-3(2)4;;;;/h4*1-3H3;1-3H3;2*1-2H3;;;;/q3*-1;;-1;;;;;;. The van der Waals surface area contributed by atoms with Gasteiger partial charge < -0.3 is 28.9 Å². The average molecular weight is 823 g/mol. The van der Waals surface area contributed by atoms with Crippen LogP contribution in [0.3, 0.4) is 0 Å². The molecule has 0 saturated carbocycles. The molecule has 0 unspecified atom stereocenters. The molecular formula is C29H57NOSY4-4. The first-order chi connectivity index (χ1) is 14.3. The minimum absolute atomic E-state index is 0. The Morgan fingerprint density at radius 2 is 0.639 bits per heavy atom. The molecule has 0 heterocycles. The molecule has 0 aromatic heterocycles. The van der Waals surface area contributed by atoms with Crippen molar-refractivity contribution in [3.05, 3.63) is 40.9 Å². The summed E-state index contributed by atoms with van der Waals surface area (Å²) in [6, 6.07) is 0. The van der Waals surface area contributed by atoms with Crippen LogP contribution < -0.4 is 0 Å². The molecule has 0 aromatic carbocycles. The van der Waals surface area contributed by atoms with Gasteiger partial charge in [-0.1, -0.05) is 53.8 Å². The largest absolute Gasteiger partial charge is 0.501 e. The minimum atomic E-state index is 0. The molecule has 0 saturated heterocycles. The molecule has 7 heteroatoms. The zero-order chi connectivity index (χ0) is 27.9. The van der Waals surface area contributed by atoms with Crippen LogP contribution in [-0.4, -0.2) is 23.4 Å². The first-order valence-corrected chi connectivity index (χ1v) is 11.2. The molecule has 0 aliphatic heterocycles. The van der Waals surface area contributed by atoms with Gasteiger partial charge >= 0.3 is 0 Å². The number of ketones is 1. The molecule has 0 aliphatic rings. The number of hydrogen-bond acceptors (Lipinski definition) is 3. The number of allylic oxidation sites excluding steroid dienone is 6. The minimum Gasteiger partial charge on any atom is -0.501 e. The van der Waals surface area contributed by atoms with Crippen LogP contribution >= 0.6 is 12.2 Å². The predicted octanol–water partition coefficient (Wildman–Crippen LogP) is 10.0. The Balaban J connectivity index is -0.0000000221. The molecule has 0 atom stereocenters. The SMILES string of the molecule is CC(C)=O.CC(C)=S.CN=C(C)C.C[C-](C)C.C[C-]=C(C)C.C[C-]=C(C)C.C[C-]=C(C)C.[Y].[Y].[Y].[Y]. The van der Waals surface area contributed by atoms with Crippen molar-refractivity contribution in [2.45, 2.75) is 125 Å². The van der Waals surface area contributed by atoms with E-state index in [-0.39, 0.29) is 137 Å². The summed E-state index contributed by atoms with van der Waals surface area (Å²) in [4.78, 5) is 14.2. The molecule has 2 nitrogen and oxygen atoms in total. The van der Waals surface area contributed by atoms with E-state index in [1.54, 1.807) is 7.05 Å². The van der Waals surface area contributed by atoms with Crippen LogP contribution in [0.2, 0.25) is 0 Å². The monoisotopic (exact) mass is 823 g/mol. The summed E-state index contributed by atoms with van der Waals surface area (Å²) >= 11 is 4.54. The Labute approximate surface area is 336 Å². The molecule has 0 spiro atoms. The Bertz CT molecular complexity index is 423. The number of carbonyl (C=O) groups excluding carboxylic acids is 1. The predicted molar refractivity (Wildman–Crippen MR) is 157 cm³/mol. The van der Waals surface area contributed by atoms with Crippen LogP contribution in [0.1, 0.15) is 125 Å². The van der Waals surface area contributed by atoms with Crippen molar-refractivity contribution >= 4 is 28.6 Å². The van der Waals surface area contributed by atoms with Crippen molar-refractivity contribution in [2.75, 3.05) is 7.05 Å². The van der Waals surface area contributed by atoms with Gasteiger partial charge in [0.05, 0.1) is 0 Å². The maximum atomic E-state index is 9.44. The van der Waals surface area contributed by atoms with Crippen molar-refractivity contribution < 1.29 is 136 Å². The molecule has 0 aromatic rings. The second-order valence-corrected chi connectivity index (χ2v) is 9.05. The molecule has 0 N–H and O–H groups in total. The molecule has 0 aliphatic carbocycles. The quantitative estimate of drug-likeness (QED) is 0.138. The summed E-state index contributed by atoms with van der Waals surface area (Å²) in [7, 11) is 1.79. The molecule has 0 fully saturated rings. The third-order valence-electron chi connectivity index (χ3n) is 1.95. The van der Waals surface area contributed by atoms with Gasteiger partial charge in [0.15, 0.2) is 0 Å². The van der Waals surface area contributed by atoms with E-state index >= 15 is 0 Å². The molecule has 0 rings (SSSR count). The van der Waals surface area contributed by atoms with Crippen LogP contribution in [0.25, 0.3) is 0 Å². The Hall–Kier alpha value is 3.07. The summed E-state index contributed by atoms with van der Waals surface area (Å²) in [6.07, 6.45) is 8.83. The van der Waals surface area contributed by atoms with E-state index < -0.39 is 0 Å². The van der Waals surface area contributed by atoms with Crippen molar-refractivity contribution in [1.82, 2.24) is 0 Å². The fourth-order valence-electron chi connectivity index (χ4n) is 0. The fourth-order valence-corrected chi connectivity index (χ4v) is 0. The summed E-state index contributed by atoms with van der Waals surface area (Å²) in [5.74, 6) is 1.58. The Kier molecular flexibility index (Phi) is 133. The molecule has 0 bridgehead atoms. The molecule has 36 heavy (non-hydrogen) atoms. The van der Waals surface area contributed by atoms with Crippen molar-refractivity contribution in [1.29, 1.82) is 0 Å². The fraction of sp³-hybridized carbons (Fsp3) is 0.655. The first kappa shape index (κ1) is 71.9. The van der Waals surface area contributed by atoms with Gasteiger partial charge in [0.1, 0.15) is 5.78 Å². The van der Waals surface area contributed by atoms with Crippen LogP contribution in [-0.2, 0) is 136 Å². The van der Waals surface area contributed by atoms with Gasteiger partial charge in [0.25, 0.3) is 0 Å². The number of Topliss-reactive ketones (excluding diaryl/α,β-unsaturated/α-hetero) is 1. The molecule has 0 amide bonds. The van der Waals surface area contributed by atoms with E-state index in [4.69, 9.17) is 0 Å². The van der Waals surface area contributed by atoms with E-state index in [1.807, 2.05) is 90.0 Å². The number of thiocarbonyl (C=S) groups is 1. The van der Waals surface area contributed by atoms with Gasteiger partial charge in [-0.3, -0.25) is 21.7 Å². The number of nitrogens with zero attached hydrogens (tertiary/aromatic N) is 1. The number of rotatable bonds is 0. The van der Waals surface area contributed by atoms with Crippen LogP contribution in [0.5, 0.6) is 0 Å². The zero-order valence-corrected chi connectivity index (χ0v) is 39.7. The van der Waals surface area contributed by atoms with E-state index in [0.717, 1.165) is 10.6 Å². The number of aliphatic imine (C=N–C) groups is 1. The van der Waals surface area contributed by atoms with Crippen molar-refractivity contribution in [3.8, 4) is 0 Å². The van der Waals surface area contributed by atoms with Gasteiger partial charge in [0.2, 0.25) is 0 Å². The Morgan fingerprint density at radius 3 is 0.639 bits per heavy atom. The smallest absolute Gasteiger partial charge is 0.126 e. The van der Waals surface area contributed by atoms with E-state index in [0.29, 0.717) is 0 Å². The van der Waals surface area contributed by atoms with Crippen LogP contribution in [0, 0.1) is 24.1 Å². The van der Waals surface area contributed by atoms with E-state index in [1.165, 1.54) is 36.5 Å². The molecule has 206 valence electrons. The summed E-state index contributed by atoms with van der Waals surface area (Å²) in [5, 5.41) is 0. The maximum absolute atomic E-state index is 9.44. The topological polar surface area (TPSA) is 29.4 Å². The Morgan fingerprint density at radius 1 is 0.583 bits per heavy atom. The molecular weight excluding hydrogens is 766 g/mol. The molecule has 4 radical (unpaired) electrons. The summed E-state index contributed by atoms with van der Waals surface area (Å²) in [6.45, 7) is 34.9. The van der Waals surface area contributed by atoms with Crippen molar-refractivity contribution in [2.24, 2.45) is 4.99 Å². The van der Waals surface area contributed by atoms with Gasteiger partial charge in [-0.2, -0.15) is 41.5 Å². The average Bonchev–Trinajstić information content (AvgIpc) is 2.61. The number of hydrogen-bond donors (Lipinski definition) is 0. The third kappa shape index (κ3) is 394. The van der Waals surface area contributed by atoms with Gasteiger partial charge in [0, 0.05) is 144 Å². The van der Waals surface area contributed by atoms with Crippen LogP contribution in [0.4, 0.5) is 0 Å². The summed E-state index contributed by atoms with van der Waals surface area (Å²) < 4.78 is 0. The number of carbonyl (C=O) groups is 1. The third-order valence-corrected chi connectivity index (χ3v) is 1.95. The van der Waals surface area contributed by atoms with Crippen LogP contribution in [0.15, 0.2) is 21.7 Å². The van der Waals surface area contributed by atoms with Gasteiger partial charge in [-0.15, -0.1) is 0 Å². The van der Waals surface area contributed by atoms with Crippen molar-refractivity contribution in [3.63, 3.8) is 0 Å². The zero-order valence-electron chi connectivity index (χ0n) is 27.6. The van der Waals surface area contributed by atoms with E-state index in [2.05, 4.69) is 56.2 Å². The van der Waals surface area contributed by atoms with Gasteiger partial charge in [-0.05, 0) is 46.4 Å². The van der Waals surface area contributed by atoms with E-state index in [9.17, 15) is 4.79 Å². The summed E-state index contributed by atoms with van der Waals surface area (Å²) in [5.41, 5.74) is 4.89. The van der Waals surface area contributed by atoms with Gasteiger partial charge in [-0.25, -0.2) is 0 Å². The first-order valence-electron chi connectivity index (χ1n) is 10.8. The second-order valence-electron chi connectivity index (χ2n) is 8.24. The normalized spacial score (nSPS) is 6.33. The maximum Gasteiger partial charge on any atom is 0.126 e. The second kappa shape index (κ2) is 66.4.